The van der Waals surface area contributed by atoms with E-state index in [0.29, 0.717) is 18.9 Å². The first-order valence-electron chi connectivity index (χ1n) is 5.72. The minimum atomic E-state index is -0.311. The standard InChI is InChI=1S/C11H20O4/c1-2-4-11(13)15-14-8-9-5-3-6-10(12)7-9/h9-10,12H,2-8H2,1H3. The van der Waals surface area contributed by atoms with E-state index in [2.05, 4.69) is 4.89 Å². The van der Waals surface area contributed by atoms with Crippen molar-refractivity contribution in [2.24, 2.45) is 5.92 Å². The predicted octanol–water partition coefficient (Wildman–Crippen LogP) is 1.81. The summed E-state index contributed by atoms with van der Waals surface area (Å²) < 4.78 is 0. The Kier molecular flexibility index (Phi) is 5.65. The van der Waals surface area contributed by atoms with Gasteiger partial charge in [0.2, 0.25) is 0 Å². The van der Waals surface area contributed by atoms with E-state index < -0.39 is 0 Å². The fourth-order valence-corrected chi connectivity index (χ4v) is 1.86. The maximum atomic E-state index is 11.0. The summed E-state index contributed by atoms with van der Waals surface area (Å²) in [6, 6.07) is 0. The molecule has 0 amide bonds. The summed E-state index contributed by atoms with van der Waals surface area (Å²) in [6.45, 7) is 2.32. The van der Waals surface area contributed by atoms with E-state index in [1.54, 1.807) is 0 Å². The third-order valence-electron chi connectivity index (χ3n) is 2.66. The summed E-state index contributed by atoms with van der Waals surface area (Å²) in [5.74, 6) is 0.0111. The largest absolute Gasteiger partial charge is 0.393 e. The molecule has 2 unspecified atom stereocenters. The lowest BCUT2D eigenvalue weighted by Crippen LogP contribution is -2.23. The first-order valence-corrected chi connectivity index (χ1v) is 5.72. The summed E-state index contributed by atoms with van der Waals surface area (Å²) in [7, 11) is 0. The lowest BCUT2D eigenvalue weighted by molar-refractivity contribution is -0.279. The van der Waals surface area contributed by atoms with Gasteiger partial charge in [-0.3, -0.25) is 4.89 Å². The monoisotopic (exact) mass is 216 g/mol. The zero-order valence-electron chi connectivity index (χ0n) is 9.28. The second-order valence-corrected chi connectivity index (χ2v) is 4.18. The van der Waals surface area contributed by atoms with Crippen LogP contribution in [0, 0.1) is 5.92 Å². The molecule has 0 aliphatic heterocycles. The highest BCUT2D eigenvalue weighted by Crippen LogP contribution is 2.24. The van der Waals surface area contributed by atoms with Gasteiger partial charge in [0.05, 0.1) is 12.7 Å². The number of hydrogen-bond donors (Lipinski definition) is 1. The van der Waals surface area contributed by atoms with Crippen LogP contribution in [0.1, 0.15) is 45.4 Å². The number of aliphatic hydroxyl groups excluding tert-OH is 1. The Labute approximate surface area is 90.5 Å². The van der Waals surface area contributed by atoms with Crippen LogP contribution < -0.4 is 0 Å². The molecule has 1 rings (SSSR count). The lowest BCUT2D eigenvalue weighted by Gasteiger charge is -2.24. The van der Waals surface area contributed by atoms with Gasteiger partial charge in [0.1, 0.15) is 0 Å². The Morgan fingerprint density at radius 3 is 2.93 bits per heavy atom. The van der Waals surface area contributed by atoms with Gasteiger partial charge >= 0.3 is 5.97 Å². The van der Waals surface area contributed by atoms with Gasteiger partial charge in [-0.2, -0.15) is 4.89 Å². The van der Waals surface area contributed by atoms with Crippen LogP contribution in [0.5, 0.6) is 0 Å². The van der Waals surface area contributed by atoms with Gasteiger partial charge in [-0.1, -0.05) is 13.3 Å². The van der Waals surface area contributed by atoms with Crippen molar-refractivity contribution in [3.63, 3.8) is 0 Å². The summed E-state index contributed by atoms with van der Waals surface area (Å²) in [6.07, 6.45) is 4.66. The SMILES string of the molecule is CCCC(=O)OOCC1CCCC(O)C1. The zero-order chi connectivity index (χ0) is 11.1. The Balaban J connectivity index is 2.06. The van der Waals surface area contributed by atoms with Crippen molar-refractivity contribution >= 4 is 5.97 Å². The molecule has 0 saturated heterocycles. The molecule has 0 radical (unpaired) electrons. The van der Waals surface area contributed by atoms with Crippen molar-refractivity contribution in [1.82, 2.24) is 0 Å². The van der Waals surface area contributed by atoms with E-state index in [4.69, 9.17) is 4.89 Å². The molecule has 15 heavy (non-hydrogen) atoms. The number of rotatable bonds is 5. The lowest BCUT2D eigenvalue weighted by atomic mass is 9.88. The van der Waals surface area contributed by atoms with Gasteiger partial charge in [-0.15, -0.1) is 0 Å². The number of hydrogen-bond acceptors (Lipinski definition) is 4. The second kappa shape index (κ2) is 6.80. The van der Waals surface area contributed by atoms with Crippen molar-refractivity contribution in [3.05, 3.63) is 0 Å². The minimum absolute atomic E-state index is 0.210. The Hall–Kier alpha value is -0.610. The molecule has 1 aliphatic rings. The topological polar surface area (TPSA) is 55.8 Å². The van der Waals surface area contributed by atoms with Crippen LogP contribution in [0.4, 0.5) is 0 Å². The van der Waals surface area contributed by atoms with Crippen molar-refractivity contribution in [3.8, 4) is 0 Å². The molecule has 0 spiro atoms. The summed E-state index contributed by atoms with van der Waals surface area (Å²) in [4.78, 5) is 20.4. The Morgan fingerprint density at radius 2 is 2.27 bits per heavy atom. The average molecular weight is 216 g/mol. The van der Waals surface area contributed by atoms with E-state index in [-0.39, 0.29) is 12.1 Å². The van der Waals surface area contributed by atoms with E-state index in [9.17, 15) is 9.90 Å². The van der Waals surface area contributed by atoms with Crippen LogP contribution in [-0.4, -0.2) is 23.8 Å². The fraction of sp³-hybridized carbons (Fsp3) is 0.909. The van der Waals surface area contributed by atoms with E-state index >= 15 is 0 Å². The maximum Gasteiger partial charge on any atom is 0.342 e. The normalized spacial score (nSPS) is 26.3. The van der Waals surface area contributed by atoms with Crippen LogP contribution in [-0.2, 0) is 14.6 Å². The summed E-state index contributed by atoms with van der Waals surface area (Å²) >= 11 is 0. The third-order valence-corrected chi connectivity index (χ3v) is 2.66. The van der Waals surface area contributed by atoms with Crippen molar-refractivity contribution in [2.45, 2.75) is 51.6 Å². The Bertz CT molecular complexity index is 193. The molecule has 1 saturated carbocycles. The second-order valence-electron chi connectivity index (χ2n) is 4.18. The molecule has 0 heterocycles. The number of carbonyl (C=O) groups excluding carboxylic acids is 1. The van der Waals surface area contributed by atoms with Crippen molar-refractivity contribution in [1.29, 1.82) is 0 Å². The molecular weight excluding hydrogens is 196 g/mol. The molecule has 2 atom stereocenters. The van der Waals surface area contributed by atoms with Crippen LogP contribution in [0.25, 0.3) is 0 Å². The van der Waals surface area contributed by atoms with E-state index in [1.165, 1.54) is 0 Å². The molecule has 4 nitrogen and oxygen atoms in total. The maximum absolute atomic E-state index is 11.0. The van der Waals surface area contributed by atoms with Crippen LogP contribution in [0.2, 0.25) is 0 Å². The highest BCUT2D eigenvalue weighted by Gasteiger charge is 2.20. The van der Waals surface area contributed by atoms with Gasteiger partial charge < -0.3 is 5.11 Å². The highest BCUT2D eigenvalue weighted by molar-refractivity contribution is 5.68. The molecule has 0 aromatic rings. The Morgan fingerprint density at radius 1 is 1.47 bits per heavy atom. The molecule has 0 bridgehead atoms. The van der Waals surface area contributed by atoms with Gasteiger partial charge in [0.15, 0.2) is 0 Å². The van der Waals surface area contributed by atoms with Crippen molar-refractivity contribution < 1.29 is 19.7 Å². The van der Waals surface area contributed by atoms with E-state index in [1.807, 2.05) is 6.92 Å². The third kappa shape index (κ3) is 5.14. The molecule has 0 aromatic heterocycles. The first-order chi connectivity index (χ1) is 7.22. The molecule has 0 aromatic carbocycles. The molecule has 1 aliphatic carbocycles. The molecule has 88 valence electrons. The molecule has 1 fully saturated rings. The summed E-state index contributed by atoms with van der Waals surface area (Å²) in [5, 5.41) is 9.41. The van der Waals surface area contributed by atoms with Crippen LogP contribution in [0.15, 0.2) is 0 Å². The highest BCUT2D eigenvalue weighted by atomic mass is 17.2. The molecular formula is C11H20O4. The van der Waals surface area contributed by atoms with Gasteiger partial charge in [0.25, 0.3) is 0 Å². The fourth-order valence-electron chi connectivity index (χ4n) is 1.86. The quantitative estimate of drug-likeness (QED) is 0.562. The predicted molar refractivity (Wildman–Crippen MR) is 54.9 cm³/mol. The summed E-state index contributed by atoms with van der Waals surface area (Å²) in [5.41, 5.74) is 0. The first kappa shape index (κ1) is 12.5. The van der Waals surface area contributed by atoms with Crippen molar-refractivity contribution in [2.75, 3.05) is 6.61 Å². The van der Waals surface area contributed by atoms with Gasteiger partial charge in [-0.25, -0.2) is 4.79 Å². The van der Waals surface area contributed by atoms with Gasteiger partial charge in [0, 0.05) is 6.42 Å². The van der Waals surface area contributed by atoms with Gasteiger partial charge in [-0.05, 0) is 31.6 Å². The minimum Gasteiger partial charge on any atom is -0.393 e. The number of carbonyl (C=O) groups is 1. The molecule has 4 heteroatoms. The van der Waals surface area contributed by atoms with E-state index in [0.717, 1.165) is 32.1 Å². The average Bonchev–Trinajstić information content (AvgIpc) is 2.18. The molecule has 1 N–H and O–H groups in total. The number of aliphatic hydroxyl groups is 1. The smallest absolute Gasteiger partial charge is 0.342 e. The zero-order valence-corrected chi connectivity index (χ0v) is 9.28. The van der Waals surface area contributed by atoms with Crippen LogP contribution in [0.3, 0.4) is 0 Å². The van der Waals surface area contributed by atoms with Crippen LogP contribution >= 0.6 is 0 Å².